The number of nitrogens with two attached hydrogens (primary N) is 1. The van der Waals surface area contributed by atoms with Crippen LogP contribution in [0.4, 0.5) is 0 Å². The summed E-state index contributed by atoms with van der Waals surface area (Å²) in [5.41, 5.74) is -0.288. The van der Waals surface area contributed by atoms with Gasteiger partial charge < -0.3 is 14.2 Å². The van der Waals surface area contributed by atoms with Crippen LogP contribution in [-0.2, 0) is 24.2 Å². The average Bonchev–Trinajstić information content (AvgIpc) is 2.79. The molecule has 0 aromatic heterocycles. The van der Waals surface area contributed by atoms with Crippen LogP contribution in [0.15, 0.2) is 0 Å². The lowest BCUT2D eigenvalue weighted by molar-refractivity contribution is 0.00895. The van der Waals surface area contributed by atoms with E-state index in [0.717, 1.165) is 32.1 Å². The SMILES string of the molecule is COCCCOCCOCC1(CS(N)(=O)=O)CCCC1. The predicted molar refractivity (Wildman–Crippen MR) is 77.0 cm³/mol. The summed E-state index contributed by atoms with van der Waals surface area (Å²) in [5.74, 6) is 0.0225. The van der Waals surface area contributed by atoms with Crippen LogP contribution in [0.1, 0.15) is 32.1 Å². The van der Waals surface area contributed by atoms with Crippen LogP contribution in [0.3, 0.4) is 0 Å². The quantitative estimate of drug-likeness (QED) is 0.573. The van der Waals surface area contributed by atoms with Gasteiger partial charge in [0.1, 0.15) is 0 Å². The van der Waals surface area contributed by atoms with E-state index < -0.39 is 10.0 Å². The first-order valence-electron chi connectivity index (χ1n) is 7.12. The van der Waals surface area contributed by atoms with Crippen molar-refractivity contribution in [1.29, 1.82) is 0 Å². The highest BCUT2D eigenvalue weighted by atomic mass is 32.2. The number of methoxy groups -OCH3 is 1. The Morgan fingerprint density at radius 1 is 1.05 bits per heavy atom. The second-order valence-electron chi connectivity index (χ2n) is 5.53. The molecular formula is C13H27NO5S. The molecule has 2 N–H and O–H groups in total. The van der Waals surface area contributed by atoms with Gasteiger partial charge in [0.05, 0.1) is 25.6 Å². The number of ether oxygens (including phenoxy) is 3. The lowest BCUT2D eigenvalue weighted by Crippen LogP contribution is -2.35. The third kappa shape index (κ3) is 7.54. The molecule has 20 heavy (non-hydrogen) atoms. The second-order valence-corrected chi connectivity index (χ2v) is 7.14. The fraction of sp³-hybridized carbons (Fsp3) is 1.00. The first kappa shape index (κ1) is 17.8. The summed E-state index contributed by atoms with van der Waals surface area (Å²) >= 11 is 0. The Hall–Kier alpha value is -0.210. The van der Waals surface area contributed by atoms with Gasteiger partial charge in [-0.15, -0.1) is 0 Å². The molecule has 0 radical (unpaired) electrons. The maximum absolute atomic E-state index is 11.3. The van der Waals surface area contributed by atoms with Crippen molar-refractivity contribution in [2.24, 2.45) is 10.6 Å². The van der Waals surface area contributed by atoms with Crippen molar-refractivity contribution in [3.8, 4) is 0 Å². The second kappa shape index (κ2) is 8.94. The number of rotatable bonds is 11. The summed E-state index contributed by atoms with van der Waals surface area (Å²) < 4.78 is 38.5. The van der Waals surface area contributed by atoms with Crippen molar-refractivity contribution < 1.29 is 22.6 Å². The van der Waals surface area contributed by atoms with Crippen molar-refractivity contribution in [3.05, 3.63) is 0 Å². The maximum Gasteiger partial charge on any atom is 0.209 e. The highest BCUT2D eigenvalue weighted by molar-refractivity contribution is 7.89. The van der Waals surface area contributed by atoms with Gasteiger partial charge >= 0.3 is 0 Å². The molecule has 120 valence electrons. The summed E-state index contributed by atoms with van der Waals surface area (Å²) in [6, 6.07) is 0. The Balaban J connectivity index is 2.17. The zero-order valence-electron chi connectivity index (χ0n) is 12.3. The predicted octanol–water partition coefficient (Wildman–Crippen LogP) is 0.905. The minimum atomic E-state index is -3.45. The molecule has 1 fully saturated rings. The van der Waals surface area contributed by atoms with E-state index in [1.54, 1.807) is 7.11 Å². The van der Waals surface area contributed by atoms with E-state index >= 15 is 0 Å². The molecule has 0 heterocycles. The van der Waals surface area contributed by atoms with E-state index in [4.69, 9.17) is 19.3 Å². The largest absolute Gasteiger partial charge is 0.385 e. The lowest BCUT2D eigenvalue weighted by Gasteiger charge is -2.27. The lowest BCUT2D eigenvalue weighted by atomic mass is 9.90. The van der Waals surface area contributed by atoms with Gasteiger partial charge in [-0.2, -0.15) is 0 Å². The molecule has 0 spiro atoms. The molecule has 0 bridgehead atoms. The molecule has 1 aliphatic rings. The van der Waals surface area contributed by atoms with Gasteiger partial charge in [-0.1, -0.05) is 12.8 Å². The summed E-state index contributed by atoms with van der Waals surface area (Å²) in [4.78, 5) is 0. The fourth-order valence-corrected chi connectivity index (χ4v) is 3.92. The fourth-order valence-electron chi connectivity index (χ4n) is 2.70. The minimum absolute atomic E-state index is 0.0225. The molecule has 0 aromatic carbocycles. The van der Waals surface area contributed by atoms with Gasteiger partial charge in [-0.25, -0.2) is 13.6 Å². The topological polar surface area (TPSA) is 87.8 Å². The molecule has 1 rings (SSSR count). The third-order valence-corrected chi connectivity index (χ3v) is 4.60. The van der Waals surface area contributed by atoms with Crippen molar-refractivity contribution in [1.82, 2.24) is 0 Å². The summed E-state index contributed by atoms with van der Waals surface area (Å²) in [7, 11) is -1.79. The Morgan fingerprint density at radius 2 is 1.70 bits per heavy atom. The highest BCUT2D eigenvalue weighted by Gasteiger charge is 2.37. The maximum atomic E-state index is 11.3. The summed E-state index contributed by atoms with van der Waals surface area (Å²) in [6.45, 7) is 2.80. The van der Waals surface area contributed by atoms with Gasteiger partial charge in [0.25, 0.3) is 0 Å². The van der Waals surface area contributed by atoms with Gasteiger partial charge in [0.2, 0.25) is 10.0 Å². The van der Waals surface area contributed by atoms with Crippen LogP contribution in [0, 0.1) is 5.41 Å². The normalized spacial score (nSPS) is 18.5. The van der Waals surface area contributed by atoms with Crippen LogP contribution >= 0.6 is 0 Å². The molecule has 1 aliphatic carbocycles. The third-order valence-electron chi connectivity index (χ3n) is 3.59. The van der Waals surface area contributed by atoms with Crippen LogP contribution in [0.25, 0.3) is 0 Å². The van der Waals surface area contributed by atoms with Crippen LogP contribution in [0.2, 0.25) is 0 Å². The molecule has 0 saturated heterocycles. The van der Waals surface area contributed by atoms with Crippen LogP contribution in [0.5, 0.6) is 0 Å². The molecule has 6 nitrogen and oxygen atoms in total. The Morgan fingerprint density at radius 3 is 2.30 bits per heavy atom. The number of primary sulfonamides is 1. The molecule has 0 unspecified atom stereocenters. The monoisotopic (exact) mass is 309 g/mol. The van der Waals surface area contributed by atoms with Crippen molar-refractivity contribution in [2.75, 3.05) is 45.9 Å². The summed E-state index contributed by atoms with van der Waals surface area (Å²) in [5, 5.41) is 5.18. The molecule has 7 heteroatoms. The molecular weight excluding hydrogens is 282 g/mol. The zero-order chi connectivity index (χ0) is 14.9. The molecule has 0 aromatic rings. The van der Waals surface area contributed by atoms with E-state index in [2.05, 4.69) is 0 Å². The summed E-state index contributed by atoms with van der Waals surface area (Å²) in [6.07, 6.45) is 4.71. The molecule has 0 amide bonds. The Bertz CT molecular complexity index is 352. The van der Waals surface area contributed by atoms with Crippen molar-refractivity contribution in [2.45, 2.75) is 32.1 Å². The van der Waals surface area contributed by atoms with E-state index in [0.29, 0.717) is 33.0 Å². The smallest absolute Gasteiger partial charge is 0.209 e. The Kier molecular flexibility index (Phi) is 7.98. The number of hydrogen-bond donors (Lipinski definition) is 1. The van der Waals surface area contributed by atoms with Crippen LogP contribution in [-0.4, -0.2) is 54.3 Å². The molecule has 0 aliphatic heterocycles. The average molecular weight is 309 g/mol. The number of sulfonamides is 1. The van der Waals surface area contributed by atoms with Crippen molar-refractivity contribution >= 4 is 10.0 Å². The standard InChI is InChI=1S/C13H27NO5S/c1-17-7-4-8-18-9-10-19-11-13(5-2-3-6-13)12-20(14,15)16/h2-12H2,1H3,(H2,14,15,16). The van der Waals surface area contributed by atoms with Gasteiger partial charge in [-0.3, -0.25) is 0 Å². The first-order chi connectivity index (χ1) is 9.47. The first-order valence-corrected chi connectivity index (χ1v) is 8.84. The number of hydrogen-bond acceptors (Lipinski definition) is 5. The highest BCUT2D eigenvalue weighted by Crippen LogP contribution is 2.39. The van der Waals surface area contributed by atoms with Crippen molar-refractivity contribution in [3.63, 3.8) is 0 Å². The van der Waals surface area contributed by atoms with Crippen LogP contribution < -0.4 is 5.14 Å². The zero-order valence-corrected chi connectivity index (χ0v) is 13.1. The van der Waals surface area contributed by atoms with E-state index in [1.165, 1.54) is 0 Å². The van der Waals surface area contributed by atoms with Gasteiger partial charge in [-0.05, 0) is 19.3 Å². The molecule has 0 atom stereocenters. The van der Waals surface area contributed by atoms with E-state index in [-0.39, 0.29) is 11.2 Å². The van der Waals surface area contributed by atoms with E-state index in [9.17, 15) is 8.42 Å². The van der Waals surface area contributed by atoms with E-state index in [1.807, 2.05) is 0 Å². The molecule has 1 saturated carbocycles. The van der Waals surface area contributed by atoms with Gasteiger partial charge in [0.15, 0.2) is 0 Å². The Labute approximate surface area is 122 Å². The minimum Gasteiger partial charge on any atom is -0.385 e. The van der Waals surface area contributed by atoms with Gasteiger partial charge in [0, 0.05) is 25.7 Å².